The van der Waals surface area contributed by atoms with Gasteiger partial charge in [0, 0.05) is 23.9 Å². The summed E-state index contributed by atoms with van der Waals surface area (Å²) in [6.07, 6.45) is 2.50. The van der Waals surface area contributed by atoms with Gasteiger partial charge in [0.15, 0.2) is 0 Å². The number of nitrogens with one attached hydrogen (secondary N) is 1. The number of aryl methyl sites for hydroxylation is 1. The maximum Gasteiger partial charge on any atom is 0.407 e. The van der Waals surface area contributed by atoms with Gasteiger partial charge in [-0.05, 0) is 62.4 Å². The summed E-state index contributed by atoms with van der Waals surface area (Å²) in [6.45, 7) is 6.95. The normalized spacial score (nSPS) is 11.6. The van der Waals surface area contributed by atoms with E-state index < -0.39 is 24.2 Å². The average molecular weight is 533 g/mol. The molecule has 0 spiro atoms. The molecule has 202 valence electrons. The number of carbonyl (C=O) groups excluding carboxylic acids is 1. The van der Waals surface area contributed by atoms with Gasteiger partial charge in [0.25, 0.3) is 0 Å². The van der Waals surface area contributed by atoms with Crippen molar-refractivity contribution in [2.45, 2.75) is 52.4 Å². The minimum Gasteiger partial charge on any atom is -0.444 e. The SMILES string of the molecule is Cc1cc(-c2ncnn3cc(C#CC(F)(F)COCc4ccccc4)cc23)ccc1CNC(=O)OC(C)(C)C. The number of ether oxygens (including phenoxy) is 2. The Morgan fingerprint density at radius 1 is 1.10 bits per heavy atom. The first kappa shape index (κ1) is 27.7. The Balaban J connectivity index is 1.46. The van der Waals surface area contributed by atoms with Crippen LogP contribution in [0.5, 0.6) is 0 Å². The molecule has 7 nitrogen and oxygen atoms in total. The first-order chi connectivity index (χ1) is 18.5. The van der Waals surface area contributed by atoms with Gasteiger partial charge in [-0.3, -0.25) is 0 Å². The van der Waals surface area contributed by atoms with Gasteiger partial charge in [-0.25, -0.2) is 14.3 Å². The number of hydrogen-bond acceptors (Lipinski definition) is 5. The number of amides is 1. The van der Waals surface area contributed by atoms with Crippen LogP contribution in [0.25, 0.3) is 16.8 Å². The van der Waals surface area contributed by atoms with Crippen molar-refractivity contribution in [1.29, 1.82) is 0 Å². The molecular weight excluding hydrogens is 502 g/mol. The van der Waals surface area contributed by atoms with Crippen LogP contribution in [0.4, 0.5) is 13.6 Å². The molecule has 39 heavy (non-hydrogen) atoms. The Morgan fingerprint density at radius 2 is 1.87 bits per heavy atom. The Morgan fingerprint density at radius 3 is 2.59 bits per heavy atom. The highest BCUT2D eigenvalue weighted by molar-refractivity contribution is 5.78. The van der Waals surface area contributed by atoms with Gasteiger partial charge in [0.1, 0.15) is 18.5 Å². The predicted octanol–water partition coefficient (Wildman–Crippen LogP) is 5.93. The van der Waals surface area contributed by atoms with E-state index in [1.165, 1.54) is 6.33 Å². The third-order valence-corrected chi connectivity index (χ3v) is 5.63. The quantitative estimate of drug-likeness (QED) is 0.299. The van der Waals surface area contributed by atoms with Crippen molar-refractivity contribution in [3.8, 4) is 23.1 Å². The van der Waals surface area contributed by atoms with Crippen LogP contribution >= 0.6 is 0 Å². The standard InChI is InChI=1S/C30H30F2N4O3/c1-21-14-24(10-11-25(21)16-33-28(37)39-29(2,3)4)27-26-15-23(17-36(26)35-20-34-27)12-13-30(31,32)19-38-18-22-8-6-5-7-9-22/h5-11,14-15,17,20H,16,18-19H2,1-4H3,(H,33,37). The highest BCUT2D eigenvalue weighted by Crippen LogP contribution is 2.26. The molecule has 0 aliphatic heterocycles. The van der Waals surface area contributed by atoms with Crippen molar-refractivity contribution in [1.82, 2.24) is 19.9 Å². The molecule has 0 saturated carbocycles. The van der Waals surface area contributed by atoms with Gasteiger partial charge in [0.2, 0.25) is 0 Å². The number of benzene rings is 2. The van der Waals surface area contributed by atoms with Crippen molar-refractivity contribution in [2.24, 2.45) is 0 Å². The number of aromatic nitrogens is 3. The lowest BCUT2D eigenvalue weighted by molar-refractivity contribution is -0.0386. The molecule has 0 unspecified atom stereocenters. The monoisotopic (exact) mass is 532 g/mol. The Labute approximate surface area is 226 Å². The zero-order chi connectivity index (χ0) is 28.0. The summed E-state index contributed by atoms with van der Waals surface area (Å²) in [5, 5.41) is 6.96. The smallest absolute Gasteiger partial charge is 0.407 e. The van der Waals surface area contributed by atoms with E-state index in [1.54, 1.807) is 37.5 Å². The van der Waals surface area contributed by atoms with Crippen molar-refractivity contribution in [3.05, 3.63) is 89.4 Å². The summed E-state index contributed by atoms with van der Waals surface area (Å²) in [5.74, 6) is 1.26. The number of halogens is 2. The van der Waals surface area contributed by atoms with Gasteiger partial charge in [0.05, 0.1) is 17.8 Å². The fourth-order valence-corrected chi connectivity index (χ4v) is 3.81. The third-order valence-electron chi connectivity index (χ3n) is 5.63. The molecule has 1 amide bonds. The van der Waals surface area contributed by atoms with Gasteiger partial charge >= 0.3 is 12.0 Å². The van der Waals surface area contributed by atoms with Crippen LogP contribution in [0.1, 0.15) is 43.0 Å². The molecule has 2 aromatic carbocycles. The third kappa shape index (κ3) is 7.85. The molecule has 1 N–H and O–H groups in total. The minimum absolute atomic E-state index is 0.0858. The topological polar surface area (TPSA) is 77.8 Å². The maximum absolute atomic E-state index is 14.3. The molecular formula is C30H30F2N4O3. The van der Waals surface area contributed by atoms with E-state index in [1.807, 2.05) is 61.4 Å². The number of alkyl carbamates (subject to hydrolysis) is 1. The second-order valence-electron chi connectivity index (χ2n) is 10.1. The summed E-state index contributed by atoms with van der Waals surface area (Å²) in [4.78, 5) is 16.4. The van der Waals surface area contributed by atoms with Crippen LogP contribution in [0.2, 0.25) is 0 Å². The number of hydrogen-bond donors (Lipinski definition) is 1. The van der Waals surface area contributed by atoms with Crippen LogP contribution in [-0.4, -0.2) is 38.8 Å². The number of alkyl halides is 2. The summed E-state index contributed by atoms with van der Waals surface area (Å²) in [6, 6.07) is 16.5. The highest BCUT2D eigenvalue weighted by Gasteiger charge is 2.26. The molecule has 0 bridgehead atoms. The number of carbonyl (C=O) groups is 1. The first-order valence-corrected chi connectivity index (χ1v) is 12.4. The molecule has 0 fully saturated rings. The molecule has 0 aliphatic rings. The largest absolute Gasteiger partial charge is 0.444 e. The van der Waals surface area contributed by atoms with E-state index >= 15 is 0 Å². The van der Waals surface area contributed by atoms with Crippen LogP contribution < -0.4 is 5.32 Å². The maximum atomic E-state index is 14.3. The molecule has 0 aliphatic carbocycles. The summed E-state index contributed by atoms with van der Waals surface area (Å²) < 4.78 is 40.7. The van der Waals surface area contributed by atoms with Crippen molar-refractivity contribution in [3.63, 3.8) is 0 Å². The highest BCUT2D eigenvalue weighted by atomic mass is 19.3. The zero-order valence-corrected chi connectivity index (χ0v) is 22.3. The molecule has 4 aromatic rings. The van der Waals surface area contributed by atoms with Crippen molar-refractivity contribution < 1.29 is 23.0 Å². The number of nitrogens with zero attached hydrogens (tertiary/aromatic N) is 3. The molecule has 4 rings (SSSR count). The van der Waals surface area contributed by atoms with Crippen LogP contribution in [-0.2, 0) is 22.6 Å². The van der Waals surface area contributed by atoms with Gasteiger partial charge in [-0.2, -0.15) is 13.9 Å². The summed E-state index contributed by atoms with van der Waals surface area (Å²) >= 11 is 0. The van der Waals surface area contributed by atoms with E-state index in [-0.39, 0.29) is 6.61 Å². The fraction of sp³-hybridized carbons (Fsp3) is 0.300. The van der Waals surface area contributed by atoms with E-state index in [0.717, 1.165) is 22.3 Å². The average Bonchev–Trinajstić information content (AvgIpc) is 3.30. The molecule has 9 heteroatoms. The van der Waals surface area contributed by atoms with Crippen molar-refractivity contribution >= 4 is 11.6 Å². The van der Waals surface area contributed by atoms with Crippen molar-refractivity contribution in [2.75, 3.05) is 6.61 Å². The van der Waals surface area contributed by atoms with Crippen LogP contribution in [0, 0.1) is 18.8 Å². The second-order valence-corrected chi connectivity index (χ2v) is 10.1. The predicted molar refractivity (Wildman–Crippen MR) is 144 cm³/mol. The lowest BCUT2D eigenvalue weighted by Gasteiger charge is -2.20. The van der Waals surface area contributed by atoms with Gasteiger partial charge in [-0.1, -0.05) is 48.4 Å². The molecule has 2 aromatic heterocycles. The van der Waals surface area contributed by atoms with Crippen LogP contribution in [0.15, 0.2) is 67.1 Å². The van der Waals surface area contributed by atoms with E-state index in [2.05, 4.69) is 21.3 Å². The lowest BCUT2D eigenvalue weighted by Crippen LogP contribution is -2.32. The van der Waals surface area contributed by atoms with E-state index in [0.29, 0.717) is 23.3 Å². The summed E-state index contributed by atoms with van der Waals surface area (Å²) in [5.41, 5.74) is 4.57. The minimum atomic E-state index is -3.31. The molecule has 2 heterocycles. The lowest BCUT2D eigenvalue weighted by atomic mass is 10.0. The molecule has 0 atom stereocenters. The van der Waals surface area contributed by atoms with E-state index in [4.69, 9.17) is 9.47 Å². The number of fused-ring (bicyclic) bond motifs is 1. The molecule has 0 radical (unpaired) electrons. The molecule has 0 saturated heterocycles. The summed E-state index contributed by atoms with van der Waals surface area (Å²) in [7, 11) is 0. The van der Waals surface area contributed by atoms with Gasteiger partial charge in [-0.15, -0.1) is 0 Å². The fourth-order valence-electron chi connectivity index (χ4n) is 3.81. The Bertz CT molecular complexity index is 1520. The Hall–Kier alpha value is -4.29. The van der Waals surface area contributed by atoms with Crippen LogP contribution in [0.3, 0.4) is 0 Å². The van der Waals surface area contributed by atoms with Gasteiger partial charge < -0.3 is 14.8 Å². The van der Waals surface area contributed by atoms with E-state index in [9.17, 15) is 13.6 Å². The Kier molecular flexibility index (Phi) is 8.27. The number of rotatable bonds is 7. The second kappa shape index (κ2) is 11.6. The zero-order valence-electron chi connectivity index (χ0n) is 22.3. The first-order valence-electron chi connectivity index (χ1n) is 12.4.